The lowest BCUT2D eigenvalue weighted by molar-refractivity contribution is -0.137. The van der Waals surface area contributed by atoms with E-state index in [0.29, 0.717) is 24.9 Å². The quantitative estimate of drug-likeness (QED) is 0.666. The summed E-state index contributed by atoms with van der Waals surface area (Å²) in [5, 5.41) is 0. The molecule has 1 N–H and O–H groups in total. The smallest absolute Gasteiger partial charge is 0.342 e. The molecule has 1 amide bonds. The molecule has 2 aromatic carbocycles. The third-order valence-corrected chi connectivity index (χ3v) is 4.96. The van der Waals surface area contributed by atoms with Crippen LogP contribution in [0.1, 0.15) is 36.2 Å². The van der Waals surface area contributed by atoms with E-state index in [4.69, 9.17) is 0 Å². The number of para-hydroxylation sites is 2. The van der Waals surface area contributed by atoms with E-state index < -0.39 is 11.7 Å². The summed E-state index contributed by atoms with van der Waals surface area (Å²) >= 11 is 0. The van der Waals surface area contributed by atoms with Gasteiger partial charge in [-0.25, -0.2) is 4.98 Å². The van der Waals surface area contributed by atoms with E-state index >= 15 is 0 Å². The second kappa shape index (κ2) is 7.30. The third kappa shape index (κ3) is 4.18. The van der Waals surface area contributed by atoms with Gasteiger partial charge in [0.1, 0.15) is 5.82 Å². The molecule has 0 atom stereocenters. The maximum Gasteiger partial charge on any atom is 0.416 e. The molecule has 1 saturated carbocycles. The molecule has 1 aromatic heterocycles. The number of fused-ring (bicyclic) bond motifs is 1. The van der Waals surface area contributed by atoms with Crippen molar-refractivity contribution in [2.24, 2.45) is 0 Å². The molecule has 0 unspecified atom stereocenters. The zero-order chi connectivity index (χ0) is 19.7. The van der Waals surface area contributed by atoms with Gasteiger partial charge in [-0.15, -0.1) is 0 Å². The second-order valence-electron chi connectivity index (χ2n) is 7.15. The van der Waals surface area contributed by atoms with Crippen molar-refractivity contribution in [1.82, 2.24) is 14.9 Å². The van der Waals surface area contributed by atoms with Gasteiger partial charge in [0.15, 0.2) is 0 Å². The van der Waals surface area contributed by atoms with Gasteiger partial charge in [-0.05, 0) is 42.7 Å². The summed E-state index contributed by atoms with van der Waals surface area (Å²) in [6.45, 7) is 0.335. The fourth-order valence-electron chi connectivity index (χ4n) is 3.30. The summed E-state index contributed by atoms with van der Waals surface area (Å²) in [4.78, 5) is 22.2. The standard InChI is InChI=1S/C21H20F3N3O/c22-21(23,24)15-7-5-14(6-8-15)13-27(16-9-10-16)20(28)12-11-19-25-17-3-1-2-4-18(17)26-19/h1-8,16H,9-13H2,(H,25,26). The van der Waals surface area contributed by atoms with Crippen LogP contribution in [0.25, 0.3) is 11.0 Å². The van der Waals surface area contributed by atoms with E-state index in [1.807, 2.05) is 24.3 Å². The highest BCUT2D eigenvalue weighted by Gasteiger charge is 2.33. The Morgan fingerprint density at radius 2 is 1.82 bits per heavy atom. The van der Waals surface area contributed by atoms with Crippen molar-refractivity contribution in [1.29, 1.82) is 0 Å². The Kier molecular flexibility index (Phi) is 4.83. The molecular weight excluding hydrogens is 367 g/mol. The van der Waals surface area contributed by atoms with Crippen molar-refractivity contribution in [2.75, 3.05) is 0 Å². The number of nitrogens with zero attached hydrogens (tertiary/aromatic N) is 2. The highest BCUT2D eigenvalue weighted by atomic mass is 19.4. The number of amides is 1. The van der Waals surface area contributed by atoms with Crippen molar-refractivity contribution < 1.29 is 18.0 Å². The molecule has 0 spiro atoms. The van der Waals surface area contributed by atoms with Crippen molar-refractivity contribution in [3.05, 3.63) is 65.5 Å². The van der Waals surface area contributed by atoms with Crippen LogP contribution in [0.15, 0.2) is 48.5 Å². The third-order valence-electron chi connectivity index (χ3n) is 4.96. The molecule has 0 aliphatic heterocycles. The van der Waals surface area contributed by atoms with Crippen LogP contribution in [-0.4, -0.2) is 26.8 Å². The van der Waals surface area contributed by atoms with Gasteiger partial charge in [0.25, 0.3) is 0 Å². The molecule has 146 valence electrons. The fourth-order valence-corrected chi connectivity index (χ4v) is 3.30. The molecule has 1 aliphatic rings. The summed E-state index contributed by atoms with van der Waals surface area (Å²) in [7, 11) is 0. The van der Waals surface area contributed by atoms with Crippen molar-refractivity contribution in [2.45, 2.75) is 44.4 Å². The Morgan fingerprint density at radius 1 is 1.11 bits per heavy atom. The largest absolute Gasteiger partial charge is 0.416 e. The number of benzene rings is 2. The number of carbonyl (C=O) groups excluding carboxylic acids is 1. The van der Waals surface area contributed by atoms with E-state index in [-0.39, 0.29) is 11.9 Å². The van der Waals surface area contributed by atoms with Crippen LogP contribution in [0.2, 0.25) is 0 Å². The average molecular weight is 387 g/mol. The first kappa shape index (κ1) is 18.5. The zero-order valence-corrected chi connectivity index (χ0v) is 15.2. The van der Waals surface area contributed by atoms with Crippen molar-refractivity contribution in [3.63, 3.8) is 0 Å². The minimum Gasteiger partial charge on any atom is -0.342 e. The lowest BCUT2D eigenvalue weighted by Crippen LogP contribution is -2.32. The van der Waals surface area contributed by atoms with Crippen LogP contribution >= 0.6 is 0 Å². The first-order valence-corrected chi connectivity index (χ1v) is 9.29. The van der Waals surface area contributed by atoms with Crippen LogP contribution in [0.3, 0.4) is 0 Å². The predicted molar refractivity (Wildman–Crippen MR) is 99.4 cm³/mol. The summed E-state index contributed by atoms with van der Waals surface area (Å²) < 4.78 is 38.1. The average Bonchev–Trinajstić information content (AvgIpc) is 3.42. The van der Waals surface area contributed by atoms with Crippen LogP contribution in [-0.2, 0) is 23.9 Å². The fraction of sp³-hybridized carbons (Fsp3) is 0.333. The summed E-state index contributed by atoms with van der Waals surface area (Å²) in [5.41, 5.74) is 1.84. The van der Waals surface area contributed by atoms with Crippen molar-refractivity contribution in [3.8, 4) is 0 Å². The maximum absolute atomic E-state index is 12.7. The molecular formula is C21H20F3N3O. The molecule has 0 radical (unpaired) electrons. The molecule has 3 aromatic rings. The second-order valence-corrected chi connectivity index (χ2v) is 7.15. The molecule has 28 heavy (non-hydrogen) atoms. The number of halogens is 3. The van der Waals surface area contributed by atoms with E-state index in [1.165, 1.54) is 12.1 Å². The summed E-state index contributed by atoms with van der Waals surface area (Å²) in [5.74, 6) is 0.766. The molecule has 1 fully saturated rings. The zero-order valence-electron chi connectivity index (χ0n) is 15.2. The Morgan fingerprint density at radius 3 is 2.46 bits per heavy atom. The Hall–Kier alpha value is -2.83. The molecule has 4 nitrogen and oxygen atoms in total. The van der Waals surface area contributed by atoms with Crippen LogP contribution in [0.5, 0.6) is 0 Å². The Labute approximate surface area is 160 Å². The first-order valence-electron chi connectivity index (χ1n) is 9.29. The number of nitrogens with one attached hydrogen (secondary N) is 1. The number of aryl methyl sites for hydroxylation is 1. The number of carbonyl (C=O) groups is 1. The van der Waals surface area contributed by atoms with Gasteiger partial charge in [0.05, 0.1) is 16.6 Å². The van der Waals surface area contributed by atoms with Crippen LogP contribution in [0, 0.1) is 0 Å². The van der Waals surface area contributed by atoms with Crippen LogP contribution < -0.4 is 0 Å². The van der Waals surface area contributed by atoms with Gasteiger partial charge in [-0.1, -0.05) is 24.3 Å². The Balaban J connectivity index is 1.40. The molecule has 4 rings (SSSR count). The number of hydrogen-bond acceptors (Lipinski definition) is 2. The van der Waals surface area contributed by atoms with Crippen LogP contribution in [0.4, 0.5) is 13.2 Å². The predicted octanol–water partition coefficient (Wildman–Crippen LogP) is 4.71. The minimum absolute atomic E-state index is 0.00264. The summed E-state index contributed by atoms with van der Waals surface area (Å²) in [6.07, 6.45) is -1.65. The Bertz CT molecular complexity index is 941. The lowest BCUT2D eigenvalue weighted by Gasteiger charge is -2.22. The van der Waals surface area contributed by atoms with Crippen molar-refractivity contribution >= 4 is 16.9 Å². The minimum atomic E-state index is -4.35. The summed E-state index contributed by atoms with van der Waals surface area (Å²) in [6, 6.07) is 12.9. The van der Waals surface area contributed by atoms with Gasteiger partial charge in [-0.2, -0.15) is 13.2 Å². The number of imidazole rings is 1. The number of aromatic nitrogens is 2. The molecule has 1 aliphatic carbocycles. The van der Waals surface area contributed by atoms with E-state index in [9.17, 15) is 18.0 Å². The van der Waals surface area contributed by atoms with Gasteiger partial charge in [0.2, 0.25) is 5.91 Å². The van der Waals surface area contributed by atoms with Gasteiger partial charge in [-0.3, -0.25) is 4.79 Å². The first-order chi connectivity index (χ1) is 13.4. The number of hydrogen-bond donors (Lipinski definition) is 1. The number of H-pyrrole nitrogens is 1. The molecule has 7 heteroatoms. The molecule has 1 heterocycles. The molecule has 0 saturated heterocycles. The van der Waals surface area contributed by atoms with Gasteiger partial charge >= 0.3 is 6.18 Å². The SMILES string of the molecule is O=C(CCc1nc2ccccc2[nH]1)N(Cc1ccc(C(F)(F)F)cc1)C1CC1. The van der Waals surface area contributed by atoms with E-state index in [1.54, 1.807) is 4.90 Å². The number of aromatic amines is 1. The topological polar surface area (TPSA) is 49.0 Å². The van der Waals surface area contributed by atoms with Gasteiger partial charge < -0.3 is 9.88 Å². The number of alkyl halides is 3. The van der Waals surface area contributed by atoms with E-state index in [2.05, 4.69) is 9.97 Å². The highest BCUT2D eigenvalue weighted by Crippen LogP contribution is 2.31. The van der Waals surface area contributed by atoms with Gasteiger partial charge in [0, 0.05) is 25.4 Å². The highest BCUT2D eigenvalue weighted by molar-refractivity contribution is 5.78. The van der Waals surface area contributed by atoms with E-state index in [0.717, 1.165) is 41.8 Å². The monoisotopic (exact) mass is 387 g/mol. The normalized spacial score (nSPS) is 14.4. The molecule has 0 bridgehead atoms. The lowest BCUT2D eigenvalue weighted by atomic mass is 10.1. The maximum atomic E-state index is 12.7. The number of rotatable bonds is 6.